The van der Waals surface area contributed by atoms with E-state index in [2.05, 4.69) is 0 Å². The van der Waals surface area contributed by atoms with Crippen LogP contribution in [-0.2, 0) is 55.4 Å². The Kier molecular flexibility index (Phi) is 15.0. The van der Waals surface area contributed by atoms with Gasteiger partial charge in [0.1, 0.15) is 0 Å². The average molecular weight is 965 g/mol. The lowest BCUT2D eigenvalue weighted by Gasteiger charge is -2.06. The molecule has 3 aliphatic rings. The second-order valence-corrected chi connectivity index (χ2v) is 19.5. The van der Waals surface area contributed by atoms with Crippen molar-refractivity contribution in [2.45, 2.75) is 49.2 Å². The van der Waals surface area contributed by atoms with Crippen LogP contribution >= 0.6 is 81.4 Å². The Labute approximate surface area is 380 Å². The molecule has 0 bridgehead atoms. The number of halogens is 6. The van der Waals surface area contributed by atoms with Crippen molar-refractivity contribution in [1.29, 1.82) is 0 Å². The van der Waals surface area contributed by atoms with E-state index in [1.54, 1.807) is 78.5 Å². The summed E-state index contributed by atoms with van der Waals surface area (Å²) in [7, 11) is -5.48. The van der Waals surface area contributed by atoms with Crippen LogP contribution in [0, 0.1) is 0 Å². The SMILES string of the molecule is O=S(c1ccc(Cl)c(Cl)c1)c1ccc2c(c1)B(O)OC2.O=S(c1ccc(Cl)c(Cl)c1)c1ccc2c(c1)B(O)OC2.OB1OCc2ccc(Sc3ccc(Cl)c(Cl)c3)cc21. The van der Waals surface area contributed by atoms with E-state index in [1.807, 2.05) is 42.5 Å². The molecule has 3 heterocycles. The van der Waals surface area contributed by atoms with Crippen molar-refractivity contribution in [3.05, 3.63) is 156 Å². The maximum atomic E-state index is 12.5. The molecule has 3 N–H and O–H groups in total. The van der Waals surface area contributed by atoms with Gasteiger partial charge >= 0.3 is 21.4 Å². The van der Waals surface area contributed by atoms with Crippen LogP contribution in [0.5, 0.6) is 0 Å². The maximum Gasteiger partial charge on any atom is 0.491 e. The number of hydrogen-bond donors (Lipinski definition) is 3. The summed E-state index contributed by atoms with van der Waals surface area (Å²) in [6, 6.07) is 31.7. The molecule has 0 aromatic heterocycles. The third kappa shape index (κ3) is 10.7. The molecule has 0 radical (unpaired) electrons. The predicted molar refractivity (Wildman–Crippen MR) is 239 cm³/mol. The van der Waals surface area contributed by atoms with E-state index in [0.29, 0.717) is 80.5 Å². The van der Waals surface area contributed by atoms with Crippen LogP contribution in [0.15, 0.2) is 139 Å². The van der Waals surface area contributed by atoms with E-state index in [4.69, 9.17) is 83.6 Å². The summed E-state index contributed by atoms with van der Waals surface area (Å²) in [6.07, 6.45) is 0. The fraction of sp³-hybridized carbons (Fsp3) is 0.0769. The van der Waals surface area contributed by atoms with Crippen molar-refractivity contribution in [1.82, 2.24) is 0 Å². The highest BCUT2D eigenvalue weighted by molar-refractivity contribution is 7.99. The Bertz CT molecular complexity index is 2490. The Morgan fingerprint density at radius 1 is 0.424 bits per heavy atom. The Hall–Kier alpha value is -2.34. The summed E-state index contributed by atoms with van der Waals surface area (Å²) in [4.78, 5) is 4.34. The summed E-state index contributed by atoms with van der Waals surface area (Å²) in [5.74, 6) is 0. The largest absolute Gasteiger partial charge is 0.491 e. The fourth-order valence-electron chi connectivity index (χ4n) is 6.01. The lowest BCUT2D eigenvalue weighted by Crippen LogP contribution is -2.28. The van der Waals surface area contributed by atoms with Gasteiger partial charge in [-0.05, 0) is 124 Å². The van der Waals surface area contributed by atoms with Gasteiger partial charge in [0, 0.05) is 29.4 Å². The lowest BCUT2D eigenvalue weighted by atomic mass is 9.80. The highest BCUT2D eigenvalue weighted by atomic mass is 35.5. The van der Waals surface area contributed by atoms with Crippen molar-refractivity contribution < 1.29 is 37.5 Å². The molecule has 8 nitrogen and oxygen atoms in total. The van der Waals surface area contributed by atoms with E-state index in [-0.39, 0.29) is 0 Å². The molecule has 0 saturated carbocycles. The van der Waals surface area contributed by atoms with Gasteiger partial charge < -0.3 is 29.0 Å². The van der Waals surface area contributed by atoms with E-state index >= 15 is 0 Å². The summed E-state index contributed by atoms with van der Waals surface area (Å²) < 4.78 is 40.4. The maximum absolute atomic E-state index is 12.5. The topological polar surface area (TPSA) is 123 Å². The molecule has 0 fully saturated rings. The standard InChI is InChI=1S/2C13H9BCl2O3S.C13H9BCl2O2S/c2*15-12-4-3-10(6-13(12)16)20(18)9-2-1-8-7-19-14(17)11(8)5-9;15-12-4-3-10(6-13(12)16)19-9-2-1-8-7-18-14(17)11(8)5-9/h2*1-6,17H,7H2;1-6,17H,7H2. The van der Waals surface area contributed by atoms with Gasteiger partial charge in [-0.3, -0.25) is 0 Å². The molecule has 0 amide bonds. The molecule has 20 heteroatoms. The van der Waals surface area contributed by atoms with Gasteiger partial charge in [0.2, 0.25) is 0 Å². The predicted octanol–water partition coefficient (Wildman–Crippen LogP) is 8.12. The smallest absolute Gasteiger partial charge is 0.423 e. The van der Waals surface area contributed by atoms with Crippen LogP contribution < -0.4 is 16.4 Å². The third-order valence-corrected chi connectivity index (χ3v) is 15.0. The van der Waals surface area contributed by atoms with Gasteiger partial charge in [0.25, 0.3) is 0 Å². The Balaban J connectivity index is 0.000000134. The molecule has 6 aromatic rings. The minimum Gasteiger partial charge on any atom is -0.423 e. The minimum absolute atomic E-state index is 0.363. The highest BCUT2D eigenvalue weighted by Crippen LogP contribution is 2.33. The molecule has 300 valence electrons. The lowest BCUT2D eigenvalue weighted by molar-refractivity contribution is 0.275. The molecule has 3 aliphatic heterocycles. The van der Waals surface area contributed by atoms with E-state index in [1.165, 1.54) is 0 Å². The van der Waals surface area contributed by atoms with Crippen molar-refractivity contribution in [3.8, 4) is 0 Å². The molecular formula is C39H27B3Cl6O8S3. The summed E-state index contributed by atoms with van der Waals surface area (Å²) >= 11 is 37.0. The number of benzene rings is 6. The molecule has 9 rings (SSSR count). The van der Waals surface area contributed by atoms with Gasteiger partial charge in [-0.25, -0.2) is 8.42 Å². The van der Waals surface area contributed by atoms with Crippen molar-refractivity contribution in [2.75, 3.05) is 0 Å². The van der Waals surface area contributed by atoms with E-state index in [9.17, 15) is 23.5 Å². The first-order chi connectivity index (χ1) is 28.2. The molecule has 59 heavy (non-hydrogen) atoms. The summed E-state index contributed by atoms with van der Waals surface area (Å²) in [5, 5.41) is 31.7. The zero-order valence-corrected chi connectivity index (χ0v) is 37.1. The molecule has 6 aromatic carbocycles. The molecule has 0 saturated heterocycles. The summed E-state index contributed by atoms with van der Waals surface area (Å²) in [6.45, 7) is 1.21. The molecule has 2 atom stereocenters. The highest BCUT2D eigenvalue weighted by Gasteiger charge is 2.30. The molecule has 2 unspecified atom stereocenters. The fourth-order valence-corrected chi connectivity index (χ4v) is 10.2. The van der Waals surface area contributed by atoms with Crippen LogP contribution in [0.3, 0.4) is 0 Å². The van der Waals surface area contributed by atoms with Gasteiger partial charge in [0.15, 0.2) is 0 Å². The van der Waals surface area contributed by atoms with Crippen LogP contribution in [-0.4, -0.2) is 44.8 Å². The Morgan fingerprint density at radius 3 is 1.17 bits per heavy atom. The first kappa shape index (κ1) is 44.7. The second-order valence-electron chi connectivity index (χ2n) is 12.9. The monoisotopic (exact) mass is 962 g/mol. The van der Waals surface area contributed by atoms with Crippen molar-refractivity contribution >= 4 is 141 Å². The first-order valence-electron chi connectivity index (χ1n) is 17.4. The number of fused-ring (bicyclic) bond motifs is 3. The third-order valence-electron chi connectivity index (χ3n) is 9.11. The van der Waals surface area contributed by atoms with Gasteiger partial charge in [-0.2, -0.15) is 0 Å². The Morgan fingerprint density at radius 2 is 0.746 bits per heavy atom. The first-order valence-corrected chi connectivity index (χ1v) is 22.8. The van der Waals surface area contributed by atoms with E-state index < -0.39 is 43.0 Å². The van der Waals surface area contributed by atoms with Gasteiger partial charge in [-0.1, -0.05) is 99.6 Å². The van der Waals surface area contributed by atoms with Crippen molar-refractivity contribution in [2.24, 2.45) is 0 Å². The zero-order chi connectivity index (χ0) is 42.0. The molecule has 0 spiro atoms. The van der Waals surface area contributed by atoms with Crippen LogP contribution in [0.25, 0.3) is 0 Å². The average Bonchev–Trinajstić information content (AvgIpc) is 3.93. The summed E-state index contributed by atoms with van der Waals surface area (Å²) in [5.41, 5.74) is 5.02. The van der Waals surface area contributed by atoms with Crippen LogP contribution in [0.2, 0.25) is 30.1 Å². The van der Waals surface area contributed by atoms with Crippen LogP contribution in [0.4, 0.5) is 0 Å². The van der Waals surface area contributed by atoms with Gasteiger partial charge in [0.05, 0.1) is 71.6 Å². The zero-order valence-electron chi connectivity index (χ0n) is 30.1. The number of hydrogen-bond acceptors (Lipinski definition) is 9. The van der Waals surface area contributed by atoms with E-state index in [0.717, 1.165) is 31.9 Å². The number of rotatable bonds is 6. The molecule has 0 aliphatic carbocycles. The van der Waals surface area contributed by atoms with Crippen molar-refractivity contribution in [3.63, 3.8) is 0 Å². The van der Waals surface area contributed by atoms with Gasteiger partial charge in [-0.15, -0.1) is 0 Å². The second kappa shape index (κ2) is 19.8. The minimum atomic E-state index is -1.38. The molecular weight excluding hydrogens is 938 g/mol. The van der Waals surface area contributed by atoms with Crippen LogP contribution in [0.1, 0.15) is 16.7 Å². The quantitative estimate of drug-likeness (QED) is 0.142. The normalized spacial score (nSPS) is 14.8.